The molecule has 3 heteroatoms. The number of nitrogens with two attached hydrogens (primary N) is 1. The first-order chi connectivity index (χ1) is 7.54. The second-order valence-corrected chi connectivity index (χ2v) is 4.63. The fourth-order valence-electron chi connectivity index (χ4n) is 1.67. The molecule has 0 heterocycles. The van der Waals surface area contributed by atoms with Gasteiger partial charge in [0, 0.05) is 0 Å². The summed E-state index contributed by atoms with van der Waals surface area (Å²) in [4.78, 5) is 0. The summed E-state index contributed by atoms with van der Waals surface area (Å²) in [5, 5.41) is 18.6. The van der Waals surface area contributed by atoms with Crippen LogP contribution in [0.2, 0.25) is 0 Å². The van der Waals surface area contributed by atoms with Gasteiger partial charge in [-0.1, -0.05) is 38.1 Å². The molecule has 1 aromatic carbocycles. The molecule has 0 saturated carbocycles. The first kappa shape index (κ1) is 13.2. The van der Waals surface area contributed by atoms with Crippen LogP contribution in [0, 0.1) is 5.92 Å². The molecule has 3 nitrogen and oxygen atoms in total. The number of aliphatic hydroxyl groups excluding tert-OH is 2. The van der Waals surface area contributed by atoms with Crippen LogP contribution in [0.15, 0.2) is 24.3 Å². The number of aliphatic hydroxyl groups is 2. The van der Waals surface area contributed by atoms with Crippen molar-refractivity contribution in [2.24, 2.45) is 11.7 Å². The van der Waals surface area contributed by atoms with Gasteiger partial charge >= 0.3 is 0 Å². The average molecular weight is 223 g/mol. The van der Waals surface area contributed by atoms with E-state index in [2.05, 4.69) is 13.8 Å². The summed E-state index contributed by atoms with van der Waals surface area (Å²) in [5.74, 6) is 0.621. The van der Waals surface area contributed by atoms with Gasteiger partial charge in [0.2, 0.25) is 0 Å². The number of benzene rings is 1. The first-order valence-electron chi connectivity index (χ1n) is 5.68. The molecule has 4 N–H and O–H groups in total. The maximum absolute atomic E-state index is 9.78. The lowest BCUT2D eigenvalue weighted by Gasteiger charge is -2.17. The van der Waals surface area contributed by atoms with Gasteiger partial charge in [-0.05, 0) is 23.5 Å². The van der Waals surface area contributed by atoms with Crippen LogP contribution in [-0.2, 0) is 6.42 Å². The van der Waals surface area contributed by atoms with Crippen LogP contribution in [0.3, 0.4) is 0 Å². The normalized spacial score (nSPS) is 15.1. The summed E-state index contributed by atoms with van der Waals surface area (Å²) in [7, 11) is 0. The van der Waals surface area contributed by atoms with Crippen LogP contribution in [0.1, 0.15) is 31.1 Å². The second-order valence-electron chi connectivity index (χ2n) is 4.63. The summed E-state index contributed by atoms with van der Waals surface area (Å²) >= 11 is 0. The minimum Gasteiger partial charge on any atom is -0.395 e. The van der Waals surface area contributed by atoms with E-state index in [1.54, 1.807) is 0 Å². The van der Waals surface area contributed by atoms with Gasteiger partial charge in [-0.25, -0.2) is 0 Å². The van der Waals surface area contributed by atoms with Crippen molar-refractivity contribution in [3.8, 4) is 0 Å². The molecule has 0 radical (unpaired) electrons. The Balaban J connectivity index is 2.70. The molecule has 0 saturated heterocycles. The van der Waals surface area contributed by atoms with Crippen LogP contribution in [0.4, 0.5) is 0 Å². The van der Waals surface area contributed by atoms with Crippen LogP contribution in [0.25, 0.3) is 0 Å². The third-order valence-electron chi connectivity index (χ3n) is 2.58. The Morgan fingerprint density at radius 3 is 2.19 bits per heavy atom. The smallest absolute Gasteiger partial charge is 0.0963 e. The molecule has 16 heavy (non-hydrogen) atoms. The zero-order valence-electron chi connectivity index (χ0n) is 9.93. The van der Waals surface area contributed by atoms with E-state index >= 15 is 0 Å². The molecule has 0 amide bonds. The fourth-order valence-corrected chi connectivity index (χ4v) is 1.67. The molecular weight excluding hydrogens is 202 g/mol. The molecular formula is C13H21NO2. The van der Waals surface area contributed by atoms with E-state index in [-0.39, 0.29) is 6.61 Å². The molecule has 0 spiro atoms. The predicted octanol–water partition coefficient (Wildman–Crippen LogP) is 1.24. The van der Waals surface area contributed by atoms with Crippen molar-refractivity contribution in [2.45, 2.75) is 32.4 Å². The minimum absolute atomic E-state index is 0.213. The Bertz CT molecular complexity index is 308. The highest BCUT2D eigenvalue weighted by molar-refractivity contribution is 5.25. The van der Waals surface area contributed by atoms with Gasteiger partial charge in [-0.15, -0.1) is 0 Å². The van der Waals surface area contributed by atoms with Crippen LogP contribution in [-0.4, -0.2) is 22.9 Å². The summed E-state index contributed by atoms with van der Waals surface area (Å²) in [6.45, 7) is 4.13. The summed E-state index contributed by atoms with van der Waals surface area (Å²) in [6.07, 6.45) is 0.237. The molecule has 2 atom stereocenters. The summed E-state index contributed by atoms with van der Waals surface area (Å²) in [6, 6.07) is 7.14. The molecule has 1 rings (SSSR count). The van der Waals surface area contributed by atoms with E-state index in [9.17, 15) is 5.11 Å². The maximum Gasteiger partial charge on any atom is 0.0963 e. The quantitative estimate of drug-likeness (QED) is 0.703. The average Bonchev–Trinajstić information content (AvgIpc) is 2.27. The standard InChI is InChI=1S/C13H21NO2/c1-9(2)7-10-3-5-11(6-4-10)13(16)12(14)8-15/h3-6,9,12-13,15-16H,7-8,14H2,1-2H3. The maximum atomic E-state index is 9.78. The lowest BCUT2D eigenvalue weighted by atomic mass is 9.98. The Kier molecular flexibility index (Phi) is 4.93. The highest BCUT2D eigenvalue weighted by Crippen LogP contribution is 2.17. The van der Waals surface area contributed by atoms with Gasteiger partial charge in [-0.2, -0.15) is 0 Å². The largest absolute Gasteiger partial charge is 0.395 e. The molecule has 0 fully saturated rings. The highest BCUT2D eigenvalue weighted by Gasteiger charge is 2.15. The van der Waals surface area contributed by atoms with E-state index < -0.39 is 12.1 Å². The first-order valence-corrected chi connectivity index (χ1v) is 5.68. The third-order valence-corrected chi connectivity index (χ3v) is 2.58. The SMILES string of the molecule is CC(C)Cc1ccc(C(O)C(N)CO)cc1. The van der Waals surface area contributed by atoms with Gasteiger partial charge in [0.05, 0.1) is 18.8 Å². The van der Waals surface area contributed by atoms with Crippen molar-refractivity contribution in [3.05, 3.63) is 35.4 Å². The second kappa shape index (κ2) is 5.99. The lowest BCUT2D eigenvalue weighted by molar-refractivity contribution is 0.109. The molecule has 2 unspecified atom stereocenters. The van der Waals surface area contributed by atoms with Crippen molar-refractivity contribution in [2.75, 3.05) is 6.61 Å². The summed E-state index contributed by atoms with van der Waals surface area (Å²) in [5.41, 5.74) is 7.58. The van der Waals surface area contributed by atoms with Crippen molar-refractivity contribution in [3.63, 3.8) is 0 Å². The molecule has 90 valence electrons. The van der Waals surface area contributed by atoms with Gasteiger partial charge in [0.1, 0.15) is 0 Å². The summed E-state index contributed by atoms with van der Waals surface area (Å²) < 4.78 is 0. The van der Waals surface area contributed by atoms with Gasteiger partial charge < -0.3 is 15.9 Å². The van der Waals surface area contributed by atoms with Gasteiger partial charge in [-0.3, -0.25) is 0 Å². The molecule has 0 bridgehead atoms. The lowest BCUT2D eigenvalue weighted by Crippen LogP contribution is -2.31. The highest BCUT2D eigenvalue weighted by atomic mass is 16.3. The zero-order chi connectivity index (χ0) is 12.1. The van der Waals surface area contributed by atoms with E-state index in [1.807, 2.05) is 24.3 Å². The predicted molar refractivity (Wildman–Crippen MR) is 65.0 cm³/mol. The van der Waals surface area contributed by atoms with E-state index in [4.69, 9.17) is 10.8 Å². The molecule has 0 aliphatic rings. The monoisotopic (exact) mass is 223 g/mol. The molecule has 0 aliphatic heterocycles. The van der Waals surface area contributed by atoms with Crippen molar-refractivity contribution in [1.82, 2.24) is 0 Å². The Hall–Kier alpha value is -0.900. The number of hydrogen-bond acceptors (Lipinski definition) is 3. The van der Waals surface area contributed by atoms with Crippen molar-refractivity contribution in [1.29, 1.82) is 0 Å². The van der Waals surface area contributed by atoms with Crippen LogP contribution < -0.4 is 5.73 Å². The van der Waals surface area contributed by atoms with Crippen LogP contribution in [0.5, 0.6) is 0 Å². The topological polar surface area (TPSA) is 66.5 Å². The minimum atomic E-state index is -0.793. The molecule has 0 aromatic heterocycles. The molecule has 1 aromatic rings. The van der Waals surface area contributed by atoms with Gasteiger partial charge in [0.25, 0.3) is 0 Å². The number of rotatable bonds is 5. The van der Waals surface area contributed by atoms with Crippen molar-refractivity contribution >= 4 is 0 Å². The van der Waals surface area contributed by atoms with Gasteiger partial charge in [0.15, 0.2) is 0 Å². The molecule has 0 aliphatic carbocycles. The third kappa shape index (κ3) is 3.59. The van der Waals surface area contributed by atoms with Crippen LogP contribution >= 0.6 is 0 Å². The van der Waals surface area contributed by atoms with E-state index in [0.29, 0.717) is 5.92 Å². The van der Waals surface area contributed by atoms with E-state index in [1.165, 1.54) is 5.56 Å². The number of hydrogen-bond donors (Lipinski definition) is 3. The Morgan fingerprint density at radius 2 is 1.75 bits per heavy atom. The Morgan fingerprint density at radius 1 is 1.19 bits per heavy atom. The van der Waals surface area contributed by atoms with Crippen molar-refractivity contribution < 1.29 is 10.2 Å². The Labute approximate surface area is 96.9 Å². The van der Waals surface area contributed by atoms with E-state index in [0.717, 1.165) is 12.0 Å². The fraction of sp³-hybridized carbons (Fsp3) is 0.538. The zero-order valence-corrected chi connectivity index (χ0v) is 9.93.